The number of piperazine rings is 1. The number of hydrogen-bond acceptors (Lipinski definition) is 3. The monoisotopic (exact) mass is 381 g/mol. The van der Waals surface area contributed by atoms with Crippen LogP contribution < -0.4 is 0 Å². The molecule has 0 N–H and O–H groups in total. The van der Waals surface area contributed by atoms with E-state index in [0.717, 1.165) is 54.9 Å². The minimum Gasteiger partial charge on any atom is -0.318 e. The van der Waals surface area contributed by atoms with Crippen LogP contribution in [0.2, 0.25) is 0 Å². The van der Waals surface area contributed by atoms with Gasteiger partial charge in [-0.3, -0.25) is 9.69 Å². The first kappa shape index (κ1) is 19.1. The maximum atomic E-state index is 13.3. The number of nitrogens with zero attached hydrogens (tertiary/aromatic N) is 3. The van der Waals surface area contributed by atoms with Crippen molar-refractivity contribution in [3.05, 3.63) is 70.0 Å². The second-order valence-electron chi connectivity index (χ2n) is 8.11. The summed E-state index contributed by atoms with van der Waals surface area (Å²) in [4.78, 5) is 20.1. The number of halogens is 1. The van der Waals surface area contributed by atoms with Gasteiger partial charge in [-0.1, -0.05) is 18.2 Å². The first-order valence-corrected chi connectivity index (χ1v) is 10.0. The van der Waals surface area contributed by atoms with Gasteiger partial charge in [-0.15, -0.1) is 0 Å². The molecule has 28 heavy (non-hydrogen) atoms. The number of likely N-dealkylation sites (N-methyl/N-ethyl adjacent to an activating group) is 1. The number of carbonyl (C=O) groups excluding carboxylic acids is 1. The van der Waals surface area contributed by atoms with E-state index in [1.165, 1.54) is 17.7 Å². The van der Waals surface area contributed by atoms with Crippen molar-refractivity contribution in [1.29, 1.82) is 0 Å². The lowest BCUT2D eigenvalue weighted by Crippen LogP contribution is -2.50. The third kappa shape index (κ3) is 3.56. The van der Waals surface area contributed by atoms with Crippen molar-refractivity contribution >= 4 is 5.91 Å². The first-order valence-electron chi connectivity index (χ1n) is 10.0. The van der Waals surface area contributed by atoms with Crippen LogP contribution in [0.15, 0.2) is 36.4 Å². The van der Waals surface area contributed by atoms with Crippen molar-refractivity contribution in [2.24, 2.45) is 0 Å². The molecule has 2 aromatic rings. The number of hydrogen-bond donors (Lipinski definition) is 0. The topological polar surface area (TPSA) is 26.8 Å². The molecule has 2 aliphatic rings. The Labute approximate surface area is 166 Å². The highest BCUT2D eigenvalue weighted by atomic mass is 19.1. The standard InChI is InChI=1S/C23H28FN3O/c1-16-14-20-21(15-17(16)2)23(28)27(9-8-18-4-6-19(24)7-5-18)22(20)26-12-10-25(3)11-13-26/h4-7,14-15,22H,8-13H2,1-3H3. The Kier molecular flexibility index (Phi) is 5.21. The zero-order chi connectivity index (χ0) is 19.8. The molecule has 2 heterocycles. The molecule has 1 unspecified atom stereocenters. The van der Waals surface area contributed by atoms with Crippen molar-refractivity contribution in [2.45, 2.75) is 26.4 Å². The van der Waals surface area contributed by atoms with E-state index < -0.39 is 0 Å². The molecule has 2 aliphatic heterocycles. The summed E-state index contributed by atoms with van der Waals surface area (Å²) >= 11 is 0. The Morgan fingerprint density at radius 1 is 1.00 bits per heavy atom. The molecule has 0 radical (unpaired) electrons. The van der Waals surface area contributed by atoms with Gasteiger partial charge in [0, 0.05) is 43.9 Å². The van der Waals surface area contributed by atoms with E-state index in [0.29, 0.717) is 6.54 Å². The molecule has 1 fully saturated rings. The summed E-state index contributed by atoms with van der Waals surface area (Å²) in [5.74, 6) is -0.112. The quantitative estimate of drug-likeness (QED) is 0.812. The fourth-order valence-electron chi connectivity index (χ4n) is 4.26. The Bertz CT molecular complexity index is 872. The van der Waals surface area contributed by atoms with Crippen molar-refractivity contribution < 1.29 is 9.18 Å². The molecule has 4 nitrogen and oxygen atoms in total. The van der Waals surface area contributed by atoms with Gasteiger partial charge in [0.1, 0.15) is 12.0 Å². The van der Waals surface area contributed by atoms with Gasteiger partial charge in [0.2, 0.25) is 0 Å². The van der Waals surface area contributed by atoms with Crippen LogP contribution in [0, 0.1) is 19.7 Å². The Morgan fingerprint density at radius 2 is 1.64 bits per heavy atom. The highest BCUT2D eigenvalue weighted by Crippen LogP contribution is 2.38. The van der Waals surface area contributed by atoms with Crippen molar-refractivity contribution in [3.8, 4) is 0 Å². The van der Waals surface area contributed by atoms with Crippen LogP contribution in [-0.4, -0.2) is 60.4 Å². The summed E-state index contributed by atoms with van der Waals surface area (Å²) in [6.45, 7) is 8.74. The largest absolute Gasteiger partial charge is 0.318 e. The molecule has 0 aromatic heterocycles. The highest BCUT2D eigenvalue weighted by molar-refractivity contribution is 5.99. The summed E-state index contributed by atoms with van der Waals surface area (Å²) in [5, 5.41) is 0. The minimum atomic E-state index is -0.227. The van der Waals surface area contributed by atoms with E-state index in [2.05, 4.69) is 36.8 Å². The maximum Gasteiger partial charge on any atom is 0.255 e. The highest BCUT2D eigenvalue weighted by Gasteiger charge is 2.40. The molecule has 1 atom stereocenters. The number of fused-ring (bicyclic) bond motifs is 1. The fraction of sp³-hybridized carbons (Fsp3) is 0.435. The van der Waals surface area contributed by atoms with Gasteiger partial charge in [-0.25, -0.2) is 4.39 Å². The van der Waals surface area contributed by atoms with Crippen LogP contribution >= 0.6 is 0 Å². The third-order valence-electron chi connectivity index (χ3n) is 6.17. The third-order valence-corrected chi connectivity index (χ3v) is 6.17. The van der Waals surface area contributed by atoms with Gasteiger partial charge in [-0.05, 0) is 62.2 Å². The van der Waals surface area contributed by atoms with E-state index in [-0.39, 0.29) is 17.9 Å². The molecule has 0 bridgehead atoms. The fourth-order valence-corrected chi connectivity index (χ4v) is 4.26. The van der Waals surface area contributed by atoms with Gasteiger partial charge >= 0.3 is 0 Å². The summed E-state index contributed by atoms with van der Waals surface area (Å²) < 4.78 is 13.2. The summed E-state index contributed by atoms with van der Waals surface area (Å²) in [5.41, 5.74) is 5.41. The van der Waals surface area contributed by atoms with Crippen molar-refractivity contribution in [1.82, 2.24) is 14.7 Å². The number of benzene rings is 2. The van der Waals surface area contributed by atoms with Crippen LogP contribution in [0.1, 0.15) is 38.8 Å². The minimum absolute atomic E-state index is 0.00375. The van der Waals surface area contributed by atoms with E-state index >= 15 is 0 Å². The van der Waals surface area contributed by atoms with Gasteiger partial charge in [0.25, 0.3) is 5.91 Å². The zero-order valence-corrected chi connectivity index (χ0v) is 16.9. The second kappa shape index (κ2) is 7.64. The van der Waals surface area contributed by atoms with Gasteiger partial charge < -0.3 is 9.80 Å². The summed E-state index contributed by atoms with van der Waals surface area (Å²) in [7, 11) is 2.14. The molecular formula is C23H28FN3O. The molecule has 2 aromatic carbocycles. The molecule has 0 aliphatic carbocycles. The Morgan fingerprint density at radius 3 is 2.32 bits per heavy atom. The van der Waals surface area contributed by atoms with Crippen LogP contribution in [-0.2, 0) is 6.42 Å². The zero-order valence-electron chi connectivity index (χ0n) is 16.9. The molecule has 1 amide bonds. The molecule has 1 saturated heterocycles. The first-order chi connectivity index (χ1) is 13.4. The Hall–Kier alpha value is -2.24. The SMILES string of the molecule is Cc1cc2c(cc1C)C(N1CCN(C)CC1)N(CCc1ccc(F)cc1)C2=O. The number of carbonyl (C=O) groups is 1. The van der Waals surface area contributed by atoms with E-state index in [1.807, 2.05) is 23.1 Å². The predicted molar refractivity (Wildman–Crippen MR) is 109 cm³/mol. The Balaban J connectivity index is 1.62. The van der Waals surface area contributed by atoms with Crippen LogP contribution in [0.4, 0.5) is 4.39 Å². The molecule has 0 spiro atoms. The van der Waals surface area contributed by atoms with E-state index in [4.69, 9.17) is 0 Å². The van der Waals surface area contributed by atoms with Gasteiger partial charge in [0.05, 0.1) is 0 Å². The number of aryl methyl sites for hydroxylation is 2. The normalized spacial score (nSPS) is 20.6. The average Bonchev–Trinajstić information content (AvgIpc) is 2.94. The number of amides is 1. The smallest absolute Gasteiger partial charge is 0.255 e. The second-order valence-corrected chi connectivity index (χ2v) is 8.11. The maximum absolute atomic E-state index is 13.3. The van der Waals surface area contributed by atoms with Crippen molar-refractivity contribution in [2.75, 3.05) is 39.8 Å². The molecule has 5 heteroatoms. The van der Waals surface area contributed by atoms with Gasteiger partial charge in [0.15, 0.2) is 0 Å². The summed E-state index contributed by atoms with van der Waals surface area (Å²) in [6.07, 6.45) is 0.721. The summed E-state index contributed by atoms with van der Waals surface area (Å²) in [6, 6.07) is 10.8. The lowest BCUT2D eigenvalue weighted by Gasteiger charge is -2.40. The van der Waals surface area contributed by atoms with Crippen LogP contribution in [0.3, 0.4) is 0 Å². The predicted octanol–water partition coefficient (Wildman–Crippen LogP) is 3.39. The lowest BCUT2D eigenvalue weighted by atomic mass is 10.00. The molecule has 148 valence electrons. The van der Waals surface area contributed by atoms with Crippen LogP contribution in [0.25, 0.3) is 0 Å². The van der Waals surface area contributed by atoms with E-state index in [1.54, 1.807) is 0 Å². The van der Waals surface area contributed by atoms with Crippen molar-refractivity contribution in [3.63, 3.8) is 0 Å². The lowest BCUT2D eigenvalue weighted by molar-refractivity contribution is 0.0212. The molecule has 4 rings (SSSR count). The molecule has 0 saturated carbocycles. The van der Waals surface area contributed by atoms with Gasteiger partial charge in [-0.2, -0.15) is 0 Å². The number of rotatable bonds is 4. The van der Waals surface area contributed by atoms with E-state index in [9.17, 15) is 9.18 Å². The molecular weight excluding hydrogens is 353 g/mol. The van der Waals surface area contributed by atoms with Crippen LogP contribution in [0.5, 0.6) is 0 Å². The average molecular weight is 381 g/mol.